The number of H-pyrrole nitrogens is 1. The molecule has 0 aromatic carbocycles. The second-order valence-electron chi connectivity index (χ2n) is 6.41. The van der Waals surface area contributed by atoms with Crippen LogP contribution >= 0.6 is 11.3 Å². The van der Waals surface area contributed by atoms with Gasteiger partial charge < -0.3 is 15.0 Å². The largest absolute Gasteiger partial charge is 0.480 e. The number of aliphatic carboxylic acids is 1. The first-order valence-electron chi connectivity index (χ1n) is 8.39. The molecule has 1 aliphatic rings. The summed E-state index contributed by atoms with van der Waals surface area (Å²) in [5.41, 5.74) is 0.754. The molecule has 2 N–H and O–H groups in total. The molecule has 1 fully saturated rings. The summed E-state index contributed by atoms with van der Waals surface area (Å²) in [4.78, 5) is 46.4. The van der Waals surface area contributed by atoms with Gasteiger partial charge >= 0.3 is 5.97 Å². The molecule has 8 heteroatoms. The first-order valence-corrected chi connectivity index (χ1v) is 9.21. The van der Waals surface area contributed by atoms with Gasteiger partial charge in [0.2, 0.25) is 5.91 Å². The molecule has 1 amide bonds. The van der Waals surface area contributed by atoms with Crippen LogP contribution in [-0.2, 0) is 16.0 Å². The number of aryl methyl sites for hydroxylation is 3. The van der Waals surface area contributed by atoms with E-state index < -0.39 is 12.0 Å². The SMILES string of the molecule is Cc1sc2nc(CCC(=O)N3CCCC[C@@H]3C(=O)O)[nH]c(=O)c2c1C. The number of hydrogen-bond donors (Lipinski definition) is 2. The van der Waals surface area contributed by atoms with Crippen LogP contribution in [-0.4, -0.2) is 44.4 Å². The van der Waals surface area contributed by atoms with E-state index in [1.54, 1.807) is 0 Å². The maximum Gasteiger partial charge on any atom is 0.326 e. The Labute approximate surface area is 148 Å². The maximum atomic E-state index is 12.4. The van der Waals surface area contributed by atoms with E-state index in [1.807, 2.05) is 13.8 Å². The fourth-order valence-corrected chi connectivity index (χ4v) is 4.32. The highest BCUT2D eigenvalue weighted by molar-refractivity contribution is 7.18. The molecule has 1 aliphatic heterocycles. The molecule has 0 spiro atoms. The average Bonchev–Trinajstić information content (AvgIpc) is 2.87. The van der Waals surface area contributed by atoms with E-state index in [0.717, 1.165) is 23.3 Å². The Bertz CT molecular complexity index is 886. The summed E-state index contributed by atoms with van der Waals surface area (Å²) in [6.07, 6.45) is 2.58. The van der Waals surface area contributed by atoms with E-state index in [4.69, 9.17) is 0 Å². The zero-order chi connectivity index (χ0) is 18.1. The number of rotatable bonds is 4. The van der Waals surface area contributed by atoms with Gasteiger partial charge in [-0.1, -0.05) is 0 Å². The lowest BCUT2D eigenvalue weighted by atomic mass is 10.0. The lowest BCUT2D eigenvalue weighted by molar-refractivity contribution is -0.152. The zero-order valence-corrected chi connectivity index (χ0v) is 15.1. The van der Waals surface area contributed by atoms with E-state index in [0.29, 0.717) is 35.4 Å². The van der Waals surface area contributed by atoms with Crippen molar-refractivity contribution in [2.75, 3.05) is 6.54 Å². The van der Waals surface area contributed by atoms with Crippen LogP contribution in [0.5, 0.6) is 0 Å². The molecule has 1 atom stereocenters. The van der Waals surface area contributed by atoms with Crippen LogP contribution in [0.25, 0.3) is 10.2 Å². The van der Waals surface area contributed by atoms with Crippen molar-refractivity contribution in [3.05, 3.63) is 26.6 Å². The van der Waals surface area contributed by atoms with Crippen LogP contribution in [0.3, 0.4) is 0 Å². The van der Waals surface area contributed by atoms with Gasteiger partial charge in [0.05, 0.1) is 5.39 Å². The standard InChI is InChI=1S/C17H21N3O4S/c1-9-10(2)25-16-14(9)15(22)18-12(19-16)6-7-13(21)20-8-4-3-5-11(20)17(23)24/h11H,3-8H2,1-2H3,(H,23,24)(H,18,19,22)/t11-/m1/s1. The molecule has 3 rings (SSSR count). The van der Waals surface area contributed by atoms with Crippen LogP contribution in [0.1, 0.15) is 41.9 Å². The van der Waals surface area contributed by atoms with Crippen LogP contribution < -0.4 is 5.56 Å². The highest BCUT2D eigenvalue weighted by Crippen LogP contribution is 2.26. The first-order chi connectivity index (χ1) is 11.9. The molecule has 134 valence electrons. The summed E-state index contributed by atoms with van der Waals surface area (Å²) in [6, 6.07) is -0.738. The molecule has 25 heavy (non-hydrogen) atoms. The number of fused-ring (bicyclic) bond motifs is 1. The van der Waals surface area contributed by atoms with Gasteiger partial charge in [-0.2, -0.15) is 0 Å². The number of likely N-dealkylation sites (tertiary alicyclic amines) is 1. The van der Waals surface area contributed by atoms with Gasteiger partial charge in [-0.15, -0.1) is 11.3 Å². The summed E-state index contributed by atoms with van der Waals surface area (Å²) in [6.45, 7) is 4.32. The van der Waals surface area contributed by atoms with Crippen molar-refractivity contribution < 1.29 is 14.7 Å². The van der Waals surface area contributed by atoms with Gasteiger partial charge in [0.1, 0.15) is 16.7 Å². The van der Waals surface area contributed by atoms with Gasteiger partial charge in [-0.25, -0.2) is 9.78 Å². The molecule has 0 saturated carbocycles. The predicted molar refractivity (Wildman–Crippen MR) is 95.0 cm³/mol. The number of nitrogens with zero attached hydrogens (tertiary/aromatic N) is 2. The third kappa shape index (κ3) is 3.44. The highest BCUT2D eigenvalue weighted by Gasteiger charge is 2.31. The summed E-state index contributed by atoms with van der Waals surface area (Å²) in [5, 5.41) is 9.88. The van der Waals surface area contributed by atoms with Crippen LogP contribution in [0.4, 0.5) is 0 Å². The van der Waals surface area contributed by atoms with Gasteiger partial charge in [0.15, 0.2) is 0 Å². The second kappa shape index (κ2) is 6.95. The van der Waals surface area contributed by atoms with E-state index in [2.05, 4.69) is 9.97 Å². The Morgan fingerprint density at radius 1 is 1.36 bits per heavy atom. The minimum atomic E-state index is -0.953. The number of amides is 1. The lowest BCUT2D eigenvalue weighted by Crippen LogP contribution is -2.48. The Kier molecular flexibility index (Phi) is 4.89. The summed E-state index contributed by atoms with van der Waals surface area (Å²) in [5.74, 6) is -0.685. The number of aromatic amines is 1. The van der Waals surface area contributed by atoms with E-state index in [9.17, 15) is 19.5 Å². The van der Waals surface area contributed by atoms with Crippen molar-refractivity contribution in [2.45, 2.75) is 52.0 Å². The number of aromatic nitrogens is 2. The number of nitrogens with one attached hydrogen (secondary N) is 1. The monoisotopic (exact) mass is 363 g/mol. The smallest absolute Gasteiger partial charge is 0.326 e. The third-order valence-corrected chi connectivity index (χ3v) is 5.87. The number of thiophene rings is 1. The molecule has 1 saturated heterocycles. The average molecular weight is 363 g/mol. The number of hydrogen-bond acceptors (Lipinski definition) is 5. The molecular formula is C17H21N3O4S. The second-order valence-corrected chi connectivity index (χ2v) is 7.62. The van der Waals surface area contributed by atoms with Crippen molar-refractivity contribution in [1.29, 1.82) is 0 Å². The van der Waals surface area contributed by atoms with Crippen molar-refractivity contribution in [3.63, 3.8) is 0 Å². The molecule has 7 nitrogen and oxygen atoms in total. The van der Waals surface area contributed by atoms with Crippen LogP contribution in [0.15, 0.2) is 4.79 Å². The first kappa shape index (κ1) is 17.6. The van der Waals surface area contributed by atoms with Gasteiger partial charge in [0, 0.05) is 24.3 Å². The van der Waals surface area contributed by atoms with E-state index in [1.165, 1.54) is 16.2 Å². The zero-order valence-electron chi connectivity index (χ0n) is 14.3. The van der Waals surface area contributed by atoms with Crippen molar-refractivity contribution in [2.24, 2.45) is 0 Å². The maximum absolute atomic E-state index is 12.4. The quantitative estimate of drug-likeness (QED) is 0.865. The molecule has 3 heterocycles. The normalized spacial score (nSPS) is 17.8. The molecule has 0 bridgehead atoms. The lowest BCUT2D eigenvalue weighted by Gasteiger charge is -2.33. The molecule has 0 radical (unpaired) electrons. The Hall–Kier alpha value is -2.22. The fourth-order valence-electron chi connectivity index (χ4n) is 3.27. The Morgan fingerprint density at radius 3 is 2.84 bits per heavy atom. The number of piperidine rings is 1. The van der Waals surface area contributed by atoms with Crippen molar-refractivity contribution in [1.82, 2.24) is 14.9 Å². The summed E-state index contributed by atoms with van der Waals surface area (Å²) < 4.78 is 0. The Morgan fingerprint density at radius 2 is 2.12 bits per heavy atom. The number of carboxylic acid groups (broad SMARTS) is 1. The van der Waals surface area contributed by atoms with Crippen LogP contribution in [0, 0.1) is 13.8 Å². The Balaban J connectivity index is 1.75. The topological polar surface area (TPSA) is 103 Å². The fraction of sp³-hybridized carbons (Fsp3) is 0.529. The molecule has 0 unspecified atom stereocenters. The minimum absolute atomic E-state index is 0.140. The number of carboxylic acids is 1. The van der Waals surface area contributed by atoms with Crippen LogP contribution in [0.2, 0.25) is 0 Å². The van der Waals surface area contributed by atoms with Gasteiger partial charge in [-0.3, -0.25) is 9.59 Å². The van der Waals surface area contributed by atoms with Crippen molar-refractivity contribution >= 4 is 33.4 Å². The summed E-state index contributed by atoms with van der Waals surface area (Å²) in [7, 11) is 0. The van der Waals surface area contributed by atoms with Gasteiger partial charge in [-0.05, 0) is 38.7 Å². The summed E-state index contributed by atoms with van der Waals surface area (Å²) >= 11 is 1.47. The van der Waals surface area contributed by atoms with E-state index in [-0.39, 0.29) is 17.9 Å². The molecule has 2 aromatic heterocycles. The number of carbonyl (C=O) groups excluding carboxylic acids is 1. The molecule has 2 aromatic rings. The minimum Gasteiger partial charge on any atom is -0.480 e. The van der Waals surface area contributed by atoms with E-state index >= 15 is 0 Å². The number of carbonyl (C=O) groups is 2. The molecule has 0 aliphatic carbocycles. The predicted octanol–water partition coefficient (Wildman–Crippen LogP) is 2.00. The third-order valence-electron chi connectivity index (χ3n) is 4.77. The molecular weight excluding hydrogens is 342 g/mol. The van der Waals surface area contributed by atoms with Crippen molar-refractivity contribution in [3.8, 4) is 0 Å². The van der Waals surface area contributed by atoms with Gasteiger partial charge in [0.25, 0.3) is 5.56 Å². The highest BCUT2D eigenvalue weighted by atomic mass is 32.1.